The molecule has 35 heavy (non-hydrogen) atoms. The van der Waals surface area contributed by atoms with Crippen molar-refractivity contribution < 1.29 is 19.1 Å². The summed E-state index contributed by atoms with van der Waals surface area (Å²) in [6.07, 6.45) is 3.59. The summed E-state index contributed by atoms with van der Waals surface area (Å²) >= 11 is 12.3. The summed E-state index contributed by atoms with van der Waals surface area (Å²) in [5, 5.41) is 11.7. The van der Waals surface area contributed by atoms with Gasteiger partial charge < -0.3 is 23.8 Å². The minimum atomic E-state index is -0.881. The lowest BCUT2D eigenvalue weighted by Gasteiger charge is -2.18. The number of hydrogen-bond acceptors (Lipinski definition) is 6. The van der Waals surface area contributed by atoms with Crippen molar-refractivity contribution in [1.29, 1.82) is 0 Å². The van der Waals surface area contributed by atoms with E-state index in [-0.39, 0.29) is 17.7 Å². The zero-order valence-corrected chi connectivity index (χ0v) is 20.6. The van der Waals surface area contributed by atoms with Crippen LogP contribution in [0.2, 0.25) is 10.0 Å². The number of aryl methyl sites for hydroxylation is 2. The van der Waals surface area contributed by atoms with Crippen LogP contribution in [-0.4, -0.2) is 32.7 Å². The third kappa shape index (κ3) is 5.28. The molecule has 3 heterocycles. The molecule has 1 aromatic carbocycles. The van der Waals surface area contributed by atoms with E-state index in [1.807, 2.05) is 0 Å². The quantitative estimate of drug-likeness (QED) is 0.316. The smallest absolute Gasteiger partial charge is 0.306 e. The number of furan rings is 1. The molecular weight excluding hydrogens is 493 g/mol. The molecule has 182 valence electrons. The van der Waals surface area contributed by atoms with Crippen LogP contribution in [0.3, 0.4) is 0 Å². The number of aromatic nitrogens is 3. The number of benzene rings is 1. The van der Waals surface area contributed by atoms with E-state index in [0.717, 1.165) is 5.69 Å². The number of H-pyrrole nitrogens is 1. The van der Waals surface area contributed by atoms with Crippen LogP contribution in [0, 0.1) is 6.92 Å². The topological polar surface area (TPSA) is 110 Å². The van der Waals surface area contributed by atoms with Crippen molar-refractivity contribution in [1.82, 2.24) is 14.5 Å². The summed E-state index contributed by atoms with van der Waals surface area (Å²) < 4.78 is 12.5. The van der Waals surface area contributed by atoms with E-state index in [4.69, 9.17) is 32.4 Å². The SMILES string of the molecule is COC(=O)C[C@H](c1ccc(-c2ccc(Cl)cc2Cl)o1)c1c(O)cc(C)n(CCc2cnc[nH]2)c1=O. The van der Waals surface area contributed by atoms with E-state index in [2.05, 4.69) is 9.97 Å². The Balaban J connectivity index is 1.77. The number of hydrogen-bond donors (Lipinski definition) is 2. The maximum Gasteiger partial charge on any atom is 0.306 e. The average Bonchev–Trinajstić information content (AvgIpc) is 3.50. The number of pyridine rings is 1. The highest BCUT2D eigenvalue weighted by molar-refractivity contribution is 6.36. The molecule has 0 aliphatic rings. The number of aromatic hydroxyl groups is 1. The maximum atomic E-state index is 13.6. The van der Waals surface area contributed by atoms with Crippen molar-refractivity contribution in [3.05, 3.63) is 92.0 Å². The molecule has 0 aliphatic carbocycles. The van der Waals surface area contributed by atoms with E-state index in [1.165, 1.54) is 13.2 Å². The Hall–Kier alpha value is -3.49. The Morgan fingerprint density at radius 2 is 2.06 bits per heavy atom. The van der Waals surface area contributed by atoms with Gasteiger partial charge in [0.15, 0.2) is 0 Å². The molecule has 0 bridgehead atoms. The first-order valence-electron chi connectivity index (χ1n) is 10.8. The summed E-state index contributed by atoms with van der Waals surface area (Å²) in [6, 6.07) is 9.85. The first kappa shape index (κ1) is 24.6. The van der Waals surface area contributed by atoms with Gasteiger partial charge in [0.1, 0.15) is 17.3 Å². The lowest BCUT2D eigenvalue weighted by molar-refractivity contribution is -0.140. The Morgan fingerprint density at radius 3 is 2.74 bits per heavy atom. The van der Waals surface area contributed by atoms with Crippen molar-refractivity contribution in [2.75, 3.05) is 7.11 Å². The van der Waals surface area contributed by atoms with E-state index in [0.29, 0.717) is 45.8 Å². The molecule has 0 saturated heterocycles. The molecular formula is C25H23Cl2N3O5. The highest BCUT2D eigenvalue weighted by Crippen LogP contribution is 2.37. The average molecular weight is 516 g/mol. The second kappa shape index (κ2) is 10.4. The van der Waals surface area contributed by atoms with Crippen LogP contribution in [0.15, 0.2) is 58.1 Å². The molecule has 4 aromatic rings. The van der Waals surface area contributed by atoms with Crippen molar-refractivity contribution in [2.45, 2.75) is 32.2 Å². The number of rotatable bonds is 8. The molecule has 0 unspecified atom stereocenters. The molecule has 3 aromatic heterocycles. The number of carbonyl (C=O) groups is 1. The fourth-order valence-electron chi connectivity index (χ4n) is 4.00. The Kier molecular flexibility index (Phi) is 7.33. The molecule has 0 saturated carbocycles. The summed E-state index contributed by atoms with van der Waals surface area (Å²) in [4.78, 5) is 32.9. The van der Waals surface area contributed by atoms with Gasteiger partial charge in [0.05, 0.1) is 36.4 Å². The Morgan fingerprint density at radius 1 is 1.26 bits per heavy atom. The zero-order valence-electron chi connectivity index (χ0n) is 19.0. The molecule has 0 amide bonds. The molecule has 8 nitrogen and oxygen atoms in total. The highest BCUT2D eigenvalue weighted by atomic mass is 35.5. The lowest BCUT2D eigenvalue weighted by Crippen LogP contribution is -2.29. The molecule has 4 rings (SSSR count). The van der Waals surface area contributed by atoms with Crippen LogP contribution >= 0.6 is 23.2 Å². The number of carbonyl (C=O) groups excluding carboxylic acids is 1. The number of aromatic amines is 1. The summed E-state index contributed by atoms with van der Waals surface area (Å²) in [7, 11) is 1.26. The third-order valence-corrected chi connectivity index (χ3v) is 6.34. The van der Waals surface area contributed by atoms with E-state index in [1.54, 1.807) is 54.3 Å². The van der Waals surface area contributed by atoms with Crippen LogP contribution in [0.5, 0.6) is 5.75 Å². The zero-order chi connectivity index (χ0) is 25.1. The second-order valence-corrected chi connectivity index (χ2v) is 8.87. The van der Waals surface area contributed by atoms with Crippen molar-refractivity contribution in [3.8, 4) is 17.1 Å². The Bertz CT molecular complexity index is 1410. The normalized spacial score (nSPS) is 12.0. The molecule has 2 N–H and O–H groups in total. The number of ether oxygens (including phenoxy) is 1. The first-order chi connectivity index (χ1) is 16.8. The van der Waals surface area contributed by atoms with E-state index >= 15 is 0 Å². The van der Waals surface area contributed by atoms with Crippen LogP contribution in [0.4, 0.5) is 0 Å². The molecule has 10 heteroatoms. The van der Waals surface area contributed by atoms with Gasteiger partial charge in [0, 0.05) is 41.1 Å². The standard InChI is InChI=1S/C25H23Cl2N3O5/c1-14-9-20(31)24(25(33)30(14)8-7-16-12-28-13-29-16)18(11-23(32)34-2)22-6-5-21(35-22)17-4-3-15(26)10-19(17)27/h3-6,9-10,12-13,18,31H,7-8,11H2,1-2H3,(H,28,29)/t18-/m1/s1. The van der Waals surface area contributed by atoms with Gasteiger partial charge in [-0.15, -0.1) is 0 Å². The number of imidazole rings is 1. The largest absolute Gasteiger partial charge is 0.507 e. The van der Waals surface area contributed by atoms with Gasteiger partial charge in [-0.05, 0) is 43.3 Å². The van der Waals surface area contributed by atoms with Crippen LogP contribution < -0.4 is 5.56 Å². The Labute approximate surface area is 211 Å². The summed E-state index contributed by atoms with van der Waals surface area (Å²) in [5.41, 5.74) is 1.68. The van der Waals surface area contributed by atoms with Crippen LogP contribution in [0.25, 0.3) is 11.3 Å². The number of nitrogens with one attached hydrogen (secondary N) is 1. The van der Waals surface area contributed by atoms with Crippen molar-refractivity contribution in [2.24, 2.45) is 0 Å². The third-order valence-electron chi connectivity index (χ3n) is 5.80. The van der Waals surface area contributed by atoms with Crippen molar-refractivity contribution in [3.63, 3.8) is 0 Å². The molecule has 0 spiro atoms. The van der Waals surface area contributed by atoms with Crippen molar-refractivity contribution >= 4 is 29.2 Å². The number of methoxy groups -OCH3 is 1. The predicted octanol–water partition coefficient (Wildman–Crippen LogP) is 5.09. The number of esters is 1. The first-order valence-corrected chi connectivity index (χ1v) is 11.6. The van der Waals surface area contributed by atoms with Gasteiger partial charge in [0.2, 0.25) is 0 Å². The van der Waals surface area contributed by atoms with Gasteiger partial charge in [-0.2, -0.15) is 0 Å². The van der Waals surface area contributed by atoms with E-state index < -0.39 is 17.4 Å². The lowest BCUT2D eigenvalue weighted by atomic mass is 9.93. The molecule has 0 fully saturated rings. The number of nitrogens with zero attached hydrogens (tertiary/aromatic N) is 2. The van der Waals surface area contributed by atoms with Crippen LogP contribution in [-0.2, 0) is 22.5 Å². The molecule has 0 radical (unpaired) electrons. The highest BCUT2D eigenvalue weighted by Gasteiger charge is 2.29. The van der Waals surface area contributed by atoms with Crippen LogP contribution in [0.1, 0.15) is 35.1 Å². The van der Waals surface area contributed by atoms with Gasteiger partial charge in [-0.3, -0.25) is 9.59 Å². The monoisotopic (exact) mass is 515 g/mol. The number of halogens is 2. The second-order valence-electron chi connectivity index (χ2n) is 8.03. The fraction of sp³-hybridized carbons (Fsp3) is 0.240. The maximum absolute atomic E-state index is 13.6. The summed E-state index contributed by atoms with van der Waals surface area (Å²) in [6.45, 7) is 2.09. The van der Waals surface area contributed by atoms with Gasteiger partial charge in [0.25, 0.3) is 5.56 Å². The molecule has 0 aliphatic heterocycles. The van der Waals surface area contributed by atoms with Gasteiger partial charge in [-0.25, -0.2) is 4.98 Å². The van der Waals surface area contributed by atoms with E-state index in [9.17, 15) is 14.7 Å². The fourth-order valence-corrected chi connectivity index (χ4v) is 4.50. The molecule has 1 atom stereocenters. The minimum Gasteiger partial charge on any atom is -0.507 e. The minimum absolute atomic E-state index is 0.0497. The van der Waals surface area contributed by atoms with Gasteiger partial charge in [-0.1, -0.05) is 23.2 Å². The predicted molar refractivity (Wildman–Crippen MR) is 132 cm³/mol. The summed E-state index contributed by atoms with van der Waals surface area (Å²) in [5.74, 6) is -0.910. The van der Waals surface area contributed by atoms with Gasteiger partial charge >= 0.3 is 5.97 Å².